The van der Waals surface area contributed by atoms with Crippen molar-refractivity contribution < 1.29 is 18.3 Å². The highest BCUT2D eigenvalue weighted by atomic mass is 35.5. The number of carbonyl (C=O) groups is 1. The molecule has 0 aromatic heterocycles. The van der Waals surface area contributed by atoms with Crippen LogP contribution < -0.4 is 15.4 Å². The Morgan fingerprint density at radius 3 is 2.61 bits per heavy atom. The van der Waals surface area contributed by atoms with Crippen molar-refractivity contribution >= 4 is 34.9 Å². The standard InChI is InChI=1S/C15H12Cl2F2N2O2/c16-9-1-3-11(17)14(7-9)21-15(22)20-5-6-23-10-2-4-12(18)13(19)8-10/h1-4,7-8H,5-6H2,(H2,20,21,22). The zero-order chi connectivity index (χ0) is 16.8. The average molecular weight is 361 g/mol. The average Bonchev–Trinajstić information content (AvgIpc) is 2.51. The molecule has 2 N–H and O–H groups in total. The van der Waals surface area contributed by atoms with Gasteiger partial charge in [0.05, 0.1) is 17.3 Å². The van der Waals surface area contributed by atoms with E-state index in [-0.39, 0.29) is 18.9 Å². The lowest BCUT2D eigenvalue weighted by Gasteiger charge is -2.10. The van der Waals surface area contributed by atoms with Crippen LogP contribution in [0.15, 0.2) is 36.4 Å². The summed E-state index contributed by atoms with van der Waals surface area (Å²) >= 11 is 11.7. The van der Waals surface area contributed by atoms with Crippen molar-refractivity contribution in [3.8, 4) is 5.75 Å². The SMILES string of the molecule is O=C(NCCOc1ccc(F)c(F)c1)Nc1cc(Cl)ccc1Cl. The van der Waals surface area contributed by atoms with E-state index in [2.05, 4.69) is 10.6 Å². The number of nitrogens with one attached hydrogen (secondary N) is 2. The third-order valence-electron chi connectivity index (χ3n) is 2.72. The van der Waals surface area contributed by atoms with E-state index in [0.29, 0.717) is 15.7 Å². The Hall–Kier alpha value is -2.05. The molecule has 0 saturated carbocycles. The summed E-state index contributed by atoms with van der Waals surface area (Å²) < 4.78 is 30.9. The van der Waals surface area contributed by atoms with E-state index in [9.17, 15) is 13.6 Å². The first kappa shape index (κ1) is 17.3. The second-order valence-electron chi connectivity index (χ2n) is 4.43. The van der Waals surface area contributed by atoms with E-state index in [1.165, 1.54) is 12.1 Å². The van der Waals surface area contributed by atoms with Crippen LogP contribution in [-0.2, 0) is 0 Å². The lowest BCUT2D eigenvalue weighted by atomic mass is 10.3. The largest absolute Gasteiger partial charge is 0.492 e. The first-order valence-electron chi connectivity index (χ1n) is 6.53. The molecule has 0 bridgehead atoms. The number of hydrogen-bond donors (Lipinski definition) is 2. The number of urea groups is 1. The minimum absolute atomic E-state index is 0.0851. The molecule has 23 heavy (non-hydrogen) atoms. The van der Waals surface area contributed by atoms with Crippen molar-refractivity contribution in [2.45, 2.75) is 0 Å². The zero-order valence-corrected chi connectivity index (χ0v) is 13.2. The minimum atomic E-state index is -0.996. The summed E-state index contributed by atoms with van der Waals surface area (Å²) in [5.41, 5.74) is 0.373. The van der Waals surface area contributed by atoms with Crippen molar-refractivity contribution in [2.75, 3.05) is 18.5 Å². The molecule has 2 aromatic carbocycles. The second-order valence-corrected chi connectivity index (χ2v) is 5.27. The van der Waals surface area contributed by atoms with Crippen LogP contribution in [0.5, 0.6) is 5.75 Å². The Labute approximate surface area is 141 Å². The van der Waals surface area contributed by atoms with Gasteiger partial charge in [0.25, 0.3) is 0 Å². The number of rotatable bonds is 5. The number of carbonyl (C=O) groups excluding carboxylic acids is 1. The lowest BCUT2D eigenvalue weighted by molar-refractivity contribution is 0.247. The second kappa shape index (κ2) is 7.99. The number of anilines is 1. The summed E-state index contributed by atoms with van der Waals surface area (Å²) in [5.74, 6) is -1.78. The Morgan fingerprint density at radius 1 is 1.09 bits per heavy atom. The fourth-order valence-corrected chi connectivity index (χ4v) is 2.00. The molecule has 0 aliphatic rings. The van der Waals surface area contributed by atoms with Crippen molar-refractivity contribution in [2.24, 2.45) is 0 Å². The Kier molecular flexibility index (Phi) is 6.01. The highest BCUT2D eigenvalue weighted by molar-refractivity contribution is 6.35. The topological polar surface area (TPSA) is 50.4 Å². The minimum Gasteiger partial charge on any atom is -0.492 e. The van der Waals surface area contributed by atoms with E-state index < -0.39 is 17.7 Å². The number of amides is 2. The smallest absolute Gasteiger partial charge is 0.319 e. The van der Waals surface area contributed by atoms with E-state index in [1.54, 1.807) is 12.1 Å². The molecule has 0 aliphatic carbocycles. The number of halogens is 4. The van der Waals surface area contributed by atoms with Gasteiger partial charge in [-0.2, -0.15) is 0 Å². The van der Waals surface area contributed by atoms with Crippen LogP contribution in [0.4, 0.5) is 19.3 Å². The first-order valence-corrected chi connectivity index (χ1v) is 7.29. The predicted molar refractivity (Wildman–Crippen MR) is 85.3 cm³/mol. The van der Waals surface area contributed by atoms with Gasteiger partial charge in [-0.15, -0.1) is 0 Å². The molecule has 0 unspecified atom stereocenters. The maximum Gasteiger partial charge on any atom is 0.319 e. The molecular formula is C15H12Cl2F2N2O2. The Morgan fingerprint density at radius 2 is 1.87 bits per heavy atom. The number of ether oxygens (including phenoxy) is 1. The van der Waals surface area contributed by atoms with Gasteiger partial charge in [-0.1, -0.05) is 23.2 Å². The van der Waals surface area contributed by atoms with Crippen LogP contribution >= 0.6 is 23.2 Å². The molecule has 4 nitrogen and oxygen atoms in total. The van der Waals surface area contributed by atoms with Gasteiger partial charge in [-0.3, -0.25) is 0 Å². The Balaban J connectivity index is 1.76. The molecule has 2 amide bonds. The van der Waals surface area contributed by atoms with E-state index in [0.717, 1.165) is 12.1 Å². The van der Waals surface area contributed by atoms with Crippen LogP contribution in [0.25, 0.3) is 0 Å². The van der Waals surface area contributed by atoms with Gasteiger partial charge in [0.1, 0.15) is 12.4 Å². The third kappa shape index (κ3) is 5.26. The van der Waals surface area contributed by atoms with Gasteiger partial charge >= 0.3 is 6.03 Å². The van der Waals surface area contributed by atoms with Crippen LogP contribution in [0.1, 0.15) is 0 Å². The van der Waals surface area contributed by atoms with Crippen LogP contribution in [0.2, 0.25) is 10.0 Å². The van der Waals surface area contributed by atoms with Gasteiger partial charge in [0, 0.05) is 11.1 Å². The quantitative estimate of drug-likeness (QED) is 0.772. The molecule has 122 valence electrons. The molecule has 0 spiro atoms. The van der Waals surface area contributed by atoms with Crippen molar-refractivity contribution in [1.29, 1.82) is 0 Å². The molecule has 0 heterocycles. The summed E-state index contributed by atoms with van der Waals surface area (Å²) in [6.07, 6.45) is 0. The van der Waals surface area contributed by atoms with Gasteiger partial charge in [-0.25, -0.2) is 13.6 Å². The molecule has 2 rings (SSSR count). The summed E-state index contributed by atoms with van der Waals surface area (Å²) in [6, 6.07) is 7.37. The third-order valence-corrected chi connectivity index (χ3v) is 3.29. The highest BCUT2D eigenvalue weighted by Crippen LogP contribution is 2.25. The number of hydrogen-bond acceptors (Lipinski definition) is 2. The molecule has 0 radical (unpaired) electrons. The van der Waals surface area contributed by atoms with E-state index >= 15 is 0 Å². The van der Waals surface area contributed by atoms with Gasteiger partial charge in [-0.05, 0) is 30.3 Å². The maximum absolute atomic E-state index is 13.0. The van der Waals surface area contributed by atoms with Crippen LogP contribution in [0.3, 0.4) is 0 Å². The van der Waals surface area contributed by atoms with Gasteiger partial charge in [0.2, 0.25) is 0 Å². The Bertz CT molecular complexity index is 714. The van der Waals surface area contributed by atoms with E-state index in [1.807, 2.05) is 0 Å². The number of benzene rings is 2. The van der Waals surface area contributed by atoms with Crippen molar-refractivity contribution in [1.82, 2.24) is 5.32 Å². The lowest BCUT2D eigenvalue weighted by Crippen LogP contribution is -2.32. The fourth-order valence-electron chi connectivity index (χ4n) is 1.66. The molecule has 0 fully saturated rings. The molecule has 0 aliphatic heterocycles. The van der Waals surface area contributed by atoms with Gasteiger partial charge < -0.3 is 15.4 Å². The molecule has 2 aromatic rings. The highest BCUT2D eigenvalue weighted by Gasteiger charge is 2.06. The summed E-state index contributed by atoms with van der Waals surface area (Å²) in [7, 11) is 0. The first-order chi connectivity index (χ1) is 11.0. The summed E-state index contributed by atoms with van der Waals surface area (Å²) in [6.45, 7) is 0.241. The van der Waals surface area contributed by atoms with Crippen molar-refractivity contribution in [3.63, 3.8) is 0 Å². The van der Waals surface area contributed by atoms with E-state index in [4.69, 9.17) is 27.9 Å². The molecular weight excluding hydrogens is 349 g/mol. The monoisotopic (exact) mass is 360 g/mol. The van der Waals surface area contributed by atoms with Crippen LogP contribution in [-0.4, -0.2) is 19.2 Å². The predicted octanol–water partition coefficient (Wildman–Crippen LogP) is 4.47. The molecule has 8 heteroatoms. The van der Waals surface area contributed by atoms with Gasteiger partial charge in [0.15, 0.2) is 11.6 Å². The molecule has 0 saturated heterocycles. The molecule has 0 atom stereocenters. The fraction of sp³-hybridized carbons (Fsp3) is 0.133. The van der Waals surface area contributed by atoms with Crippen molar-refractivity contribution in [3.05, 3.63) is 58.1 Å². The summed E-state index contributed by atoms with van der Waals surface area (Å²) in [5, 5.41) is 5.85. The normalized spacial score (nSPS) is 10.3. The summed E-state index contributed by atoms with van der Waals surface area (Å²) in [4.78, 5) is 11.7. The van der Waals surface area contributed by atoms with Crippen LogP contribution in [0, 0.1) is 11.6 Å². The zero-order valence-electron chi connectivity index (χ0n) is 11.7. The maximum atomic E-state index is 13.0.